The molecule has 0 aromatic rings. The molecule has 1 atom stereocenters. The van der Waals surface area contributed by atoms with Crippen LogP contribution in [0.25, 0.3) is 0 Å². The average Bonchev–Trinajstić information content (AvgIpc) is 2.63. The van der Waals surface area contributed by atoms with Crippen molar-refractivity contribution in [3.8, 4) is 0 Å². The number of amides is 1. The molecule has 2 aliphatic rings. The number of nitrogens with one attached hydrogen (secondary N) is 1. The highest BCUT2D eigenvalue weighted by atomic mass is 16.5. The Bertz CT molecular complexity index is 291. The van der Waals surface area contributed by atoms with Gasteiger partial charge in [-0.1, -0.05) is 0 Å². The van der Waals surface area contributed by atoms with E-state index in [2.05, 4.69) is 33.0 Å². The van der Waals surface area contributed by atoms with Crippen molar-refractivity contribution in [2.45, 2.75) is 45.3 Å². The Morgan fingerprint density at radius 3 is 2.29 bits per heavy atom. The lowest BCUT2D eigenvalue weighted by Crippen LogP contribution is -2.59. The van der Waals surface area contributed by atoms with Gasteiger partial charge in [0.05, 0.1) is 17.1 Å². The lowest BCUT2D eigenvalue weighted by molar-refractivity contribution is -0.189. The molecule has 0 radical (unpaired) electrons. The van der Waals surface area contributed by atoms with Gasteiger partial charge in [0, 0.05) is 19.6 Å². The van der Waals surface area contributed by atoms with E-state index in [0.717, 1.165) is 19.5 Å². The van der Waals surface area contributed by atoms with Crippen molar-refractivity contribution in [1.82, 2.24) is 10.2 Å². The largest absolute Gasteiger partial charge is 0.366 e. The van der Waals surface area contributed by atoms with E-state index in [1.165, 1.54) is 0 Å². The van der Waals surface area contributed by atoms with Gasteiger partial charge >= 0.3 is 0 Å². The van der Waals surface area contributed by atoms with Crippen LogP contribution in [-0.4, -0.2) is 48.2 Å². The van der Waals surface area contributed by atoms with Gasteiger partial charge in [-0.15, -0.1) is 0 Å². The number of nitrogens with zero attached hydrogens (tertiary/aromatic N) is 1. The SMILES string of the molecule is CC1(C)CN(C(=O)C2CCNC2)CC(C)(C)O1. The maximum Gasteiger partial charge on any atom is 0.227 e. The Labute approximate surface area is 104 Å². The van der Waals surface area contributed by atoms with E-state index in [4.69, 9.17) is 4.74 Å². The van der Waals surface area contributed by atoms with Crippen LogP contribution in [-0.2, 0) is 9.53 Å². The molecule has 2 rings (SSSR count). The highest BCUT2D eigenvalue weighted by molar-refractivity contribution is 5.79. The molecule has 0 aliphatic carbocycles. The van der Waals surface area contributed by atoms with Gasteiger partial charge in [-0.25, -0.2) is 0 Å². The van der Waals surface area contributed by atoms with Gasteiger partial charge in [0.2, 0.25) is 5.91 Å². The van der Waals surface area contributed by atoms with Crippen molar-refractivity contribution in [2.24, 2.45) is 5.92 Å². The molecule has 2 heterocycles. The van der Waals surface area contributed by atoms with Crippen LogP contribution in [0.2, 0.25) is 0 Å². The molecule has 2 saturated heterocycles. The van der Waals surface area contributed by atoms with Crippen LogP contribution >= 0.6 is 0 Å². The molecule has 2 fully saturated rings. The van der Waals surface area contributed by atoms with Crippen molar-refractivity contribution >= 4 is 5.91 Å². The number of carbonyl (C=O) groups is 1. The number of rotatable bonds is 1. The zero-order valence-corrected chi connectivity index (χ0v) is 11.4. The van der Waals surface area contributed by atoms with E-state index in [1.54, 1.807) is 0 Å². The molecule has 0 spiro atoms. The first-order chi connectivity index (χ1) is 7.79. The standard InChI is InChI=1S/C13H24N2O2/c1-12(2)8-15(9-13(3,4)17-12)11(16)10-5-6-14-7-10/h10,14H,5-9H2,1-4H3. The summed E-state index contributed by atoms with van der Waals surface area (Å²) in [5.41, 5.74) is -0.493. The number of ether oxygens (including phenoxy) is 1. The van der Waals surface area contributed by atoms with E-state index >= 15 is 0 Å². The summed E-state index contributed by atoms with van der Waals surface area (Å²) in [5, 5.41) is 3.26. The molecule has 4 heteroatoms. The van der Waals surface area contributed by atoms with Crippen LogP contribution in [0.4, 0.5) is 0 Å². The summed E-state index contributed by atoms with van der Waals surface area (Å²) in [4.78, 5) is 14.4. The minimum absolute atomic E-state index is 0.166. The van der Waals surface area contributed by atoms with Gasteiger partial charge in [0.25, 0.3) is 0 Å². The number of carbonyl (C=O) groups excluding carboxylic acids is 1. The van der Waals surface area contributed by atoms with Crippen LogP contribution < -0.4 is 5.32 Å². The fourth-order valence-corrected chi connectivity index (χ4v) is 3.07. The highest BCUT2D eigenvalue weighted by Crippen LogP contribution is 2.29. The average molecular weight is 240 g/mol. The summed E-state index contributed by atoms with van der Waals surface area (Å²) >= 11 is 0. The Hall–Kier alpha value is -0.610. The molecule has 1 unspecified atom stereocenters. The fraction of sp³-hybridized carbons (Fsp3) is 0.923. The van der Waals surface area contributed by atoms with E-state index in [0.29, 0.717) is 19.0 Å². The summed E-state index contributed by atoms with van der Waals surface area (Å²) in [6.45, 7) is 11.4. The Balaban J connectivity index is 2.07. The molecule has 98 valence electrons. The fourth-order valence-electron chi connectivity index (χ4n) is 3.07. The number of hydrogen-bond acceptors (Lipinski definition) is 3. The minimum atomic E-state index is -0.247. The third-order valence-corrected chi connectivity index (χ3v) is 3.42. The van der Waals surface area contributed by atoms with Crippen LogP contribution in [0, 0.1) is 5.92 Å². The first kappa shape index (κ1) is 12.8. The molecular weight excluding hydrogens is 216 g/mol. The molecule has 2 aliphatic heterocycles. The topological polar surface area (TPSA) is 41.6 Å². The zero-order valence-electron chi connectivity index (χ0n) is 11.4. The molecule has 0 saturated carbocycles. The van der Waals surface area contributed by atoms with Crippen molar-refractivity contribution in [1.29, 1.82) is 0 Å². The van der Waals surface area contributed by atoms with Gasteiger partial charge in [-0.05, 0) is 40.7 Å². The third kappa shape index (κ3) is 2.99. The number of morpholine rings is 1. The first-order valence-electron chi connectivity index (χ1n) is 6.49. The van der Waals surface area contributed by atoms with Gasteiger partial charge < -0.3 is 15.0 Å². The summed E-state index contributed by atoms with van der Waals surface area (Å²) < 4.78 is 5.99. The van der Waals surface area contributed by atoms with E-state index in [-0.39, 0.29) is 17.1 Å². The van der Waals surface area contributed by atoms with Gasteiger partial charge in [-0.2, -0.15) is 0 Å². The van der Waals surface area contributed by atoms with E-state index in [1.807, 2.05) is 4.90 Å². The Kier molecular flexibility index (Phi) is 3.21. The quantitative estimate of drug-likeness (QED) is 0.744. The van der Waals surface area contributed by atoms with Crippen molar-refractivity contribution in [2.75, 3.05) is 26.2 Å². The molecule has 0 bridgehead atoms. The highest BCUT2D eigenvalue weighted by Gasteiger charge is 2.41. The lowest BCUT2D eigenvalue weighted by atomic mass is 9.97. The monoisotopic (exact) mass is 240 g/mol. The maximum absolute atomic E-state index is 12.4. The molecule has 17 heavy (non-hydrogen) atoms. The van der Waals surface area contributed by atoms with Crippen molar-refractivity contribution in [3.63, 3.8) is 0 Å². The maximum atomic E-state index is 12.4. The predicted molar refractivity (Wildman–Crippen MR) is 66.8 cm³/mol. The summed E-state index contributed by atoms with van der Waals surface area (Å²) in [5.74, 6) is 0.458. The van der Waals surface area contributed by atoms with Gasteiger partial charge in [0.1, 0.15) is 0 Å². The minimum Gasteiger partial charge on any atom is -0.366 e. The van der Waals surface area contributed by atoms with Crippen molar-refractivity contribution in [3.05, 3.63) is 0 Å². The van der Waals surface area contributed by atoms with E-state index < -0.39 is 0 Å². The normalized spacial score (nSPS) is 31.5. The Morgan fingerprint density at radius 2 is 1.82 bits per heavy atom. The third-order valence-electron chi connectivity index (χ3n) is 3.42. The second-order valence-corrected chi connectivity index (χ2v) is 6.51. The number of hydrogen-bond donors (Lipinski definition) is 1. The second kappa shape index (κ2) is 4.25. The van der Waals surface area contributed by atoms with Crippen LogP contribution in [0.3, 0.4) is 0 Å². The molecule has 0 aromatic carbocycles. The smallest absolute Gasteiger partial charge is 0.227 e. The first-order valence-corrected chi connectivity index (χ1v) is 6.49. The molecule has 1 amide bonds. The van der Waals surface area contributed by atoms with Crippen LogP contribution in [0.15, 0.2) is 0 Å². The lowest BCUT2D eigenvalue weighted by Gasteiger charge is -2.47. The molecule has 1 N–H and O–H groups in total. The molecular formula is C13H24N2O2. The van der Waals surface area contributed by atoms with Crippen LogP contribution in [0.5, 0.6) is 0 Å². The summed E-state index contributed by atoms with van der Waals surface area (Å²) in [7, 11) is 0. The molecule has 0 aromatic heterocycles. The van der Waals surface area contributed by atoms with E-state index in [9.17, 15) is 4.79 Å². The van der Waals surface area contributed by atoms with Gasteiger partial charge in [-0.3, -0.25) is 4.79 Å². The Morgan fingerprint density at radius 1 is 1.24 bits per heavy atom. The molecule has 4 nitrogen and oxygen atoms in total. The summed E-state index contributed by atoms with van der Waals surface area (Å²) in [6, 6.07) is 0. The second-order valence-electron chi connectivity index (χ2n) is 6.51. The predicted octanol–water partition coefficient (Wildman–Crippen LogP) is 1.01. The van der Waals surface area contributed by atoms with Gasteiger partial charge in [0.15, 0.2) is 0 Å². The van der Waals surface area contributed by atoms with Crippen LogP contribution in [0.1, 0.15) is 34.1 Å². The zero-order chi connectivity index (χ0) is 12.7. The summed E-state index contributed by atoms with van der Waals surface area (Å²) in [6.07, 6.45) is 0.969. The van der Waals surface area contributed by atoms with Crippen molar-refractivity contribution < 1.29 is 9.53 Å².